The van der Waals surface area contributed by atoms with E-state index in [-0.39, 0.29) is 11.3 Å². The van der Waals surface area contributed by atoms with Crippen LogP contribution in [0.15, 0.2) is 24.3 Å². The van der Waals surface area contributed by atoms with Crippen molar-refractivity contribution >= 4 is 33.4 Å². The normalized spacial score (nSPS) is 11.3. The third-order valence-electron chi connectivity index (χ3n) is 2.82. The Kier molecular flexibility index (Phi) is 6.16. The second kappa shape index (κ2) is 7.15. The average molecular weight is 333 g/mol. The van der Waals surface area contributed by atoms with Crippen LogP contribution in [0.3, 0.4) is 0 Å². The van der Waals surface area contributed by atoms with Gasteiger partial charge in [-0.1, -0.05) is 41.4 Å². The zero-order valence-corrected chi connectivity index (χ0v) is 13.1. The first kappa shape index (κ1) is 15.5. The van der Waals surface area contributed by atoms with Crippen LogP contribution >= 0.6 is 27.5 Å². The van der Waals surface area contributed by atoms with E-state index >= 15 is 0 Å². The lowest BCUT2D eigenvalue weighted by Crippen LogP contribution is -2.34. The van der Waals surface area contributed by atoms with Gasteiger partial charge in [0.25, 0.3) is 5.91 Å². The summed E-state index contributed by atoms with van der Waals surface area (Å²) in [6, 6.07) is 6.94. The van der Waals surface area contributed by atoms with Crippen LogP contribution in [0.4, 0.5) is 0 Å². The largest absolute Gasteiger partial charge is 0.352 e. The monoisotopic (exact) mass is 331 g/mol. The third kappa shape index (κ3) is 5.40. The number of rotatable bonds is 6. The summed E-state index contributed by atoms with van der Waals surface area (Å²) in [5.41, 5.74) is 0.770. The van der Waals surface area contributed by atoms with Crippen LogP contribution in [0, 0.1) is 5.41 Å². The summed E-state index contributed by atoms with van der Waals surface area (Å²) in [7, 11) is 0. The van der Waals surface area contributed by atoms with Gasteiger partial charge in [0.15, 0.2) is 0 Å². The fourth-order valence-corrected chi connectivity index (χ4v) is 2.06. The van der Waals surface area contributed by atoms with Crippen molar-refractivity contribution in [2.24, 2.45) is 5.41 Å². The number of hydrogen-bond donors (Lipinski definition) is 1. The zero-order chi connectivity index (χ0) is 13.6. The molecule has 0 saturated heterocycles. The van der Waals surface area contributed by atoms with Gasteiger partial charge in [-0.2, -0.15) is 0 Å². The van der Waals surface area contributed by atoms with Crippen molar-refractivity contribution in [3.8, 4) is 0 Å². The molecule has 0 spiro atoms. The van der Waals surface area contributed by atoms with Gasteiger partial charge in [-0.15, -0.1) is 0 Å². The first-order valence-electron chi connectivity index (χ1n) is 6.04. The number of alkyl halides is 1. The first-order valence-corrected chi connectivity index (χ1v) is 7.54. The molecule has 0 heterocycles. The van der Waals surface area contributed by atoms with E-state index < -0.39 is 0 Å². The molecule has 1 amide bonds. The molecule has 0 aromatic heterocycles. The van der Waals surface area contributed by atoms with Crippen LogP contribution in [-0.2, 0) is 0 Å². The summed E-state index contributed by atoms with van der Waals surface area (Å²) < 4.78 is 0. The van der Waals surface area contributed by atoms with Gasteiger partial charge in [0, 0.05) is 22.5 Å². The van der Waals surface area contributed by atoms with Gasteiger partial charge in [0.1, 0.15) is 0 Å². The predicted molar refractivity (Wildman–Crippen MR) is 80.6 cm³/mol. The second-order valence-electron chi connectivity index (χ2n) is 5.15. The highest BCUT2D eigenvalue weighted by Gasteiger charge is 2.18. The first-order chi connectivity index (χ1) is 8.44. The lowest BCUT2D eigenvalue weighted by molar-refractivity contribution is 0.0934. The molecule has 0 bridgehead atoms. The SMILES string of the molecule is CC(C)(CCCBr)CNC(=O)c1ccc(Cl)cc1. The van der Waals surface area contributed by atoms with Gasteiger partial charge >= 0.3 is 0 Å². The molecule has 0 fully saturated rings. The number of carbonyl (C=O) groups excluding carboxylic acids is 1. The Bertz CT molecular complexity index is 389. The topological polar surface area (TPSA) is 29.1 Å². The van der Waals surface area contributed by atoms with E-state index in [0.717, 1.165) is 18.2 Å². The number of hydrogen-bond acceptors (Lipinski definition) is 1. The molecule has 1 aromatic carbocycles. The molecule has 2 nitrogen and oxygen atoms in total. The van der Waals surface area contributed by atoms with Crippen molar-refractivity contribution in [2.75, 3.05) is 11.9 Å². The maximum atomic E-state index is 11.9. The summed E-state index contributed by atoms with van der Waals surface area (Å²) in [6.45, 7) is 5.01. The molecule has 1 rings (SSSR count). The predicted octanol–water partition coefficient (Wildman–Crippen LogP) is 4.27. The fourth-order valence-electron chi connectivity index (χ4n) is 1.66. The molecule has 0 aliphatic rings. The van der Waals surface area contributed by atoms with Crippen LogP contribution in [0.25, 0.3) is 0 Å². The molecule has 1 N–H and O–H groups in total. The van der Waals surface area contributed by atoms with E-state index in [1.807, 2.05) is 0 Å². The number of halogens is 2. The van der Waals surface area contributed by atoms with Crippen molar-refractivity contribution in [3.05, 3.63) is 34.9 Å². The van der Waals surface area contributed by atoms with Gasteiger partial charge in [0.05, 0.1) is 0 Å². The fraction of sp³-hybridized carbons (Fsp3) is 0.500. The smallest absolute Gasteiger partial charge is 0.251 e. The second-order valence-corrected chi connectivity index (χ2v) is 6.38. The molecule has 0 aliphatic carbocycles. The van der Waals surface area contributed by atoms with Crippen molar-refractivity contribution < 1.29 is 4.79 Å². The molecule has 100 valence electrons. The minimum atomic E-state index is -0.0430. The van der Waals surface area contributed by atoms with Crippen LogP contribution in [0.2, 0.25) is 5.02 Å². The molecule has 4 heteroatoms. The van der Waals surface area contributed by atoms with E-state index in [1.54, 1.807) is 24.3 Å². The Hall–Kier alpha value is -0.540. The summed E-state index contributed by atoms with van der Waals surface area (Å²) in [6.07, 6.45) is 2.20. The quantitative estimate of drug-likeness (QED) is 0.774. The van der Waals surface area contributed by atoms with Gasteiger partial charge in [-0.05, 0) is 42.5 Å². The van der Waals surface area contributed by atoms with Crippen molar-refractivity contribution in [1.29, 1.82) is 0 Å². The maximum absolute atomic E-state index is 11.9. The standard InChI is InChI=1S/C14H19BrClNO/c1-14(2,8-3-9-15)10-17-13(18)11-4-6-12(16)7-5-11/h4-7H,3,8-10H2,1-2H3,(H,17,18). The lowest BCUT2D eigenvalue weighted by Gasteiger charge is -2.24. The summed E-state index contributed by atoms with van der Waals surface area (Å²) in [5.74, 6) is -0.0430. The minimum absolute atomic E-state index is 0.0430. The Balaban J connectivity index is 2.48. The van der Waals surface area contributed by atoms with Crippen LogP contribution in [-0.4, -0.2) is 17.8 Å². The molecule has 0 radical (unpaired) electrons. The van der Waals surface area contributed by atoms with E-state index in [1.165, 1.54) is 0 Å². The molecule has 0 unspecified atom stereocenters. The molecule has 0 aliphatic heterocycles. The molecule has 1 aromatic rings. The highest BCUT2D eigenvalue weighted by Crippen LogP contribution is 2.21. The van der Waals surface area contributed by atoms with Crippen LogP contribution in [0.1, 0.15) is 37.0 Å². The van der Waals surface area contributed by atoms with Gasteiger partial charge in [-0.25, -0.2) is 0 Å². The average Bonchev–Trinajstić information content (AvgIpc) is 2.35. The summed E-state index contributed by atoms with van der Waals surface area (Å²) in [5, 5.41) is 4.61. The molecule has 0 atom stereocenters. The molecular formula is C14H19BrClNO. The van der Waals surface area contributed by atoms with Crippen molar-refractivity contribution in [3.63, 3.8) is 0 Å². The van der Waals surface area contributed by atoms with Crippen molar-refractivity contribution in [1.82, 2.24) is 5.32 Å². The van der Waals surface area contributed by atoms with E-state index in [0.29, 0.717) is 17.1 Å². The molecule has 18 heavy (non-hydrogen) atoms. The van der Waals surface area contributed by atoms with Gasteiger partial charge in [-0.3, -0.25) is 4.79 Å². The number of benzene rings is 1. The zero-order valence-electron chi connectivity index (χ0n) is 10.8. The van der Waals surface area contributed by atoms with Gasteiger partial charge < -0.3 is 5.32 Å². The highest BCUT2D eigenvalue weighted by atomic mass is 79.9. The van der Waals surface area contributed by atoms with Crippen molar-refractivity contribution in [2.45, 2.75) is 26.7 Å². The summed E-state index contributed by atoms with van der Waals surface area (Å²) in [4.78, 5) is 11.9. The van der Waals surface area contributed by atoms with E-state index in [4.69, 9.17) is 11.6 Å². The molecular weight excluding hydrogens is 314 g/mol. The van der Waals surface area contributed by atoms with Gasteiger partial charge in [0.2, 0.25) is 0 Å². The number of nitrogens with one attached hydrogen (secondary N) is 1. The molecule has 0 saturated carbocycles. The Morgan fingerprint density at radius 2 is 1.94 bits per heavy atom. The third-order valence-corrected chi connectivity index (χ3v) is 3.63. The van der Waals surface area contributed by atoms with E-state index in [2.05, 4.69) is 35.1 Å². The van der Waals surface area contributed by atoms with Crippen LogP contribution < -0.4 is 5.32 Å². The van der Waals surface area contributed by atoms with E-state index in [9.17, 15) is 4.79 Å². The minimum Gasteiger partial charge on any atom is -0.352 e. The Morgan fingerprint density at radius 3 is 2.50 bits per heavy atom. The van der Waals surface area contributed by atoms with Crippen LogP contribution in [0.5, 0.6) is 0 Å². The maximum Gasteiger partial charge on any atom is 0.251 e. The Morgan fingerprint density at radius 1 is 1.33 bits per heavy atom. The number of amides is 1. The summed E-state index contributed by atoms with van der Waals surface area (Å²) >= 11 is 9.21. The number of carbonyl (C=O) groups is 1. The lowest BCUT2D eigenvalue weighted by atomic mass is 9.88. The Labute approximate surface area is 122 Å². The highest BCUT2D eigenvalue weighted by molar-refractivity contribution is 9.09.